The summed E-state index contributed by atoms with van der Waals surface area (Å²) >= 11 is 0. The van der Waals surface area contributed by atoms with Crippen molar-refractivity contribution < 1.29 is 12.8 Å². The maximum Gasteiger partial charge on any atom is 0.245 e. The molecule has 2 N–H and O–H groups in total. The highest BCUT2D eigenvalue weighted by atomic mass is 32.2. The van der Waals surface area contributed by atoms with E-state index in [4.69, 9.17) is 5.73 Å². The minimum absolute atomic E-state index is 0.179. The molecule has 0 amide bonds. The summed E-state index contributed by atoms with van der Waals surface area (Å²) in [6.45, 7) is 4.57. The Balaban J connectivity index is 3.05. The Morgan fingerprint density at radius 1 is 1.37 bits per heavy atom. The summed E-state index contributed by atoms with van der Waals surface area (Å²) < 4.78 is 39.5. The standard InChI is InChI=1S/C13H21FN2O2S/c1-10(2)6-7-16(3)19(17,18)13-8-11(9-15)4-5-12(13)14/h4-5,8,10H,6-7,9,15H2,1-3H3. The second-order valence-corrected chi connectivity index (χ2v) is 6.99. The fourth-order valence-corrected chi connectivity index (χ4v) is 2.90. The Kier molecular flexibility index (Phi) is 5.46. The maximum absolute atomic E-state index is 13.7. The monoisotopic (exact) mass is 288 g/mol. The van der Waals surface area contributed by atoms with Crippen molar-refractivity contribution in [1.29, 1.82) is 0 Å². The highest BCUT2D eigenvalue weighted by Crippen LogP contribution is 2.20. The molecular weight excluding hydrogens is 267 g/mol. The Bertz CT molecular complexity index is 529. The highest BCUT2D eigenvalue weighted by molar-refractivity contribution is 7.89. The van der Waals surface area contributed by atoms with E-state index in [-0.39, 0.29) is 11.4 Å². The lowest BCUT2D eigenvalue weighted by Crippen LogP contribution is -2.29. The third kappa shape index (κ3) is 3.99. The first-order valence-electron chi connectivity index (χ1n) is 6.24. The van der Waals surface area contributed by atoms with Crippen LogP contribution in [0.2, 0.25) is 0 Å². The third-order valence-corrected chi connectivity index (χ3v) is 4.81. The molecule has 0 aliphatic heterocycles. The van der Waals surface area contributed by atoms with E-state index in [2.05, 4.69) is 0 Å². The van der Waals surface area contributed by atoms with Gasteiger partial charge in [0.2, 0.25) is 10.0 Å². The summed E-state index contributed by atoms with van der Waals surface area (Å²) in [6, 6.07) is 3.93. The zero-order valence-corrected chi connectivity index (χ0v) is 12.4. The second-order valence-electron chi connectivity index (χ2n) is 4.98. The van der Waals surface area contributed by atoms with E-state index in [0.717, 1.165) is 12.5 Å². The van der Waals surface area contributed by atoms with Gasteiger partial charge in [0.1, 0.15) is 10.7 Å². The minimum Gasteiger partial charge on any atom is -0.326 e. The van der Waals surface area contributed by atoms with Gasteiger partial charge in [0.05, 0.1) is 0 Å². The van der Waals surface area contributed by atoms with Crippen LogP contribution < -0.4 is 5.73 Å². The van der Waals surface area contributed by atoms with E-state index >= 15 is 0 Å². The molecule has 0 aliphatic rings. The van der Waals surface area contributed by atoms with Crippen LogP contribution in [0.5, 0.6) is 0 Å². The van der Waals surface area contributed by atoms with Crippen LogP contribution in [-0.4, -0.2) is 26.3 Å². The molecule has 0 aliphatic carbocycles. The van der Waals surface area contributed by atoms with E-state index in [9.17, 15) is 12.8 Å². The van der Waals surface area contributed by atoms with Crippen molar-refractivity contribution in [1.82, 2.24) is 4.31 Å². The Morgan fingerprint density at radius 3 is 2.53 bits per heavy atom. The highest BCUT2D eigenvalue weighted by Gasteiger charge is 2.24. The van der Waals surface area contributed by atoms with Crippen molar-refractivity contribution in [3.05, 3.63) is 29.6 Å². The van der Waals surface area contributed by atoms with Gasteiger partial charge >= 0.3 is 0 Å². The van der Waals surface area contributed by atoms with Gasteiger partial charge in [-0.1, -0.05) is 19.9 Å². The van der Waals surface area contributed by atoms with Crippen molar-refractivity contribution >= 4 is 10.0 Å². The van der Waals surface area contributed by atoms with Crippen molar-refractivity contribution in [3.8, 4) is 0 Å². The fourth-order valence-electron chi connectivity index (χ4n) is 1.60. The summed E-state index contributed by atoms with van der Waals surface area (Å²) in [5.74, 6) is -0.355. The van der Waals surface area contributed by atoms with Gasteiger partial charge < -0.3 is 5.73 Å². The lowest BCUT2D eigenvalue weighted by molar-refractivity contribution is 0.424. The number of nitrogens with two attached hydrogens (primary N) is 1. The number of rotatable bonds is 6. The number of halogens is 1. The number of benzene rings is 1. The van der Waals surface area contributed by atoms with E-state index in [0.29, 0.717) is 18.0 Å². The van der Waals surface area contributed by atoms with E-state index in [1.165, 1.54) is 23.5 Å². The van der Waals surface area contributed by atoms with Crippen LogP contribution in [0.1, 0.15) is 25.8 Å². The van der Waals surface area contributed by atoms with Crippen LogP contribution in [0, 0.1) is 11.7 Å². The predicted molar refractivity (Wildman–Crippen MR) is 73.6 cm³/mol. The maximum atomic E-state index is 13.7. The van der Waals surface area contributed by atoms with Gasteiger partial charge in [-0.25, -0.2) is 17.1 Å². The predicted octanol–water partition coefficient (Wildman–Crippen LogP) is 1.95. The fraction of sp³-hybridized carbons (Fsp3) is 0.538. The van der Waals surface area contributed by atoms with Gasteiger partial charge in [-0.2, -0.15) is 0 Å². The first-order chi connectivity index (χ1) is 8.78. The van der Waals surface area contributed by atoms with Gasteiger partial charge in [0, 0.05) is 20.1 Å². The SMILES string of the molecule is CC(C)CCN(C)S(=O)(=O)c1cc(CN)ccc1F. The van der Waals surface area contributed by atoms with E-state index in [1.807, 2.05) is 13.8 Å². The Labute approximate surface area is 114 Å². The van der Waals surface area contributed by atoms with Crippen LogP contribution in [0.15, 0.2) is 23.1 Å². The molecule has 0 heterocycles. The smallest absolute Gasteiger partial charge is 0.245 e. The summed E-state index contributed by atoms with van der Waals surface area (Å²) in [6.07, 6.45) is 0.730. The molecule has 0 fully saturated rings. The average Bonchev–Trinajstić information content (AvgIpc) is 2.36. The van der Waals surface area contributed by atoms with Crippen molar-refractivity contribution in [2.75, 3.05) is 13.6 Å². The lowest BCUT2D eigenvalue weighted by atomic mass is 10.1. The molecule has 0 unspecified atom stereocenters. The molecule has 0 bridgehead atoms. The topological polar surface area (TPSA) is 63.4 Å². The van der Waals surface area contributed by atoms with Crippen molar-refractivity contribution in [2.24, 2.45) is 11.7 Å². The molecule has 0 saturated carbocycles. The number of sulfonamides is 1. The summed E-state index contributed by atoms with van der Waals surface area (Å²) in [5, 5.41) is 0. The summed E-state index contributed by atoms with van der Waals surface area (Å²) in [7, 11) is -2.33. The molecule has 1 aromatic rings. The van der Waals surface area contributed by atoms with Gasteiger partial charge in [-0.05, 0) is 30.0 Å². The summed E-state index contributed by atoms with van der Waals surface area (Å²) in [4.78, 5) is -0.304. The molecule has 1 rings (SSSR count). The zero-order valence-electron chi connectivity index (χ0n) is 11.6. The molecule has 108 valence electrons. The van der Waals surface area contributed by atoms with E-state index in [1.54, 1.807) is 0 Å². The molecule has 0 spiro atoms. The van der Waals surface area contributed by atoms with Gasteiger partial charge in [-0.15, -0.1) is 0 Å². The molecule has 1 aromatic carbocycles. The molecule has 6 heteroatoms. The van der Waals surface area contributed by atoms with Gasteiger partial charge in [-0.3, -0.25) is 0 Å². The Morgan fingerprint density at radius 2 is 2.00 bits per heavy atom. The van der Waals surface area contributed by atoms with E-state index < -0.39 is 15.8 Å². The summed E-state index contributed by atoms with van der Waals surface area (Å²) in [5.41, 5.74) is 6.05. The second kappa shape index (κ2) is 6.45. The molecule has 0 saturated heterocycles. The largest absolute Gasteiger partial charge is 0.326 e. The van der Waals surface area contributed by atoms with Crippen LogP contribution in [-0.2, 0) is 16.6 Å². The molecule has 19 heavy (non-hydrogen) atoms. The zero-order chi connectivity index (χ0) is 14.6. The third-order valence-electron chi connectivity index (χ3n) is 2.94. The molecule has 4 nitrogen and oxygen atoms in total. The normalized spacial score (nSPS) is 12.4. The van der Waals surface area contributed by atoms with Crippen molar-refractivity contribution in [2.45, 2.75) is 31.7 Å². The van der Waals surface area contributed by atoms with Gasteiger partial charge in [0.15, 0.2) is 0 Å². The molecule has 0 aromatic heterocycles. The van der Waals surface area contributed by atoms with Crippen molar-refractivity contribution in [3.63, 3.8) is 0 Å². The van der Waals surface area contributed by atoms with Crippen LogP contribution in [0.4, 0.5) is 4.39 Å². The van der Waals surface area contributed by atoms with Crippen LogP contribution >= 0.6 is 0 Å². The molecular formula is C13H21FN2O2S. The number of hydrogen-bond acceptors (Lipinski definition) is 3. The van der Waals surface area contributed by atoms with Crippen LogP contribution in [0.25, 0.3) is 0 Å². The lowest BCUT2D eigenvalue weighted by Gasteiger charge is -2.19. The Hall–Kier alpha value is -0.980. The first kappa shape index (κ1) is 16.1. The van der Waals surface area contributed by atoms with Gasteiger partial charge in [0.25, 0.3) is 0 Å². The minimum atomic E-state index is -3.80. The molecule has 0 atom stereocenters. The number of hydrogen-bond donors (Lipinski definition) is 1. The van der Waals surface area contributed by atoms with Crippen LogP contribution in [0.3, 0.4) is 0 Å². The quantitative estimate of drug-likeness (QED) is 0.870. The average molecular weight is 288 g/mol. The number of nitrogens with zero attached hydrogens (tertiary/aromatic N) is 1. The molecule has 0 radical (unpaired) electrons. The first-order valence-corrected chi connectivity index (χ1v) is 7.68.